The number of carbonyl (C=O) groups excluding carboxylic acids is 2. The van der Waals surface area contributed by atoms with E-state index in [0.717, 1.165) is 10.9 Å². The number of para-hydroxylation sites is 2. The third-order valence-electron chi connectivity index (χ3n) is 3.64. The Morgan fingerprint density at radius 2 is 1.80 bits per heavy atom. The van der Waals surface area contributed by atoms with Crippen molar-refractivity contribution in [3.05, 3.63) is 65.3 Å². The van der Waals surface area contributed by atoms with E-state index >= 15 is 0 Å². The van der Waals surface area contributed by atoms with Gasteiger partial charge in [-0.3, -0.25) is 20.4 Å². The number of hydrogen-bond donors (Lipinski definition) is 3. The average molecular weight is 358 g/mol. The summed E-state index contributed by atoms with van der Waals surface area (Å²) in [6.45, 7) is 1.57. The van der Waals surface area contributed by atoms with E-state index < -0.39 is 17.9 Å². The number of amides is 2. The number of hydrogen-bond acceptors (Lipinski definition) is 3. The Morgan fingerprint density at radius 3 is 2.60 bits per heavy atom. The molecule has 6 nitrogen and oxygen atoms in total. The predicted octanol–water partition coefficient (Wildman–Crippen LogP) is 3.05. The molecule has 1 atom stereocenters. The fourth-order valence-corrected chi connectivity index (χ4v) is 2.51. The van der Waals surface area contributed by atoms with Crippen LogP contribution < -0.4 is 15.6 Å². The van der Waals surface area contributed by atoms with Crippen molar-refractivity contribution in [1.82, 2.24) is 15.8 Å². The van der Waals surface area contributed by atoms with E-state index in [0.29, 0.717) is 16.3 Å². The van der Waals surface area contributed by atoms with Gasteiger partial charge in [0.15, 0.2) is 6.10 Å². The van der Waals surface area contributed by atoms with E-state index in [4.69, 9.17) is 16.3 Å². The maximum Gasteiger partial charge on any atom is 0.279 e. The Kier molecular flexibility index (Phi) is 4.90. The van der Waals surface area contributed by atoms with Crippen LogP contribution in [0.2, 0.25) is 5.02 Å². The summed E-state index contributed by atoms with van der Waals surface area (Å²) < 4.78 is 5.50. The number of hydrazine groups is 1. The highest BCUT2D eigenvalue weighted by atomic mass is 35.5. The fourth-order valence-electron chi connectivity index (χ4n) is 2.33. The zero-order chi connectivity index (χ0) is 17.8. The molecule has 0 saturated carbocycles. The monoisotopic (exact) mass is 357 g/mol. The quantitative estimate of drug-likeness (QED) is 0.627. The molecule has 3 rings (SSSR count). The topological polar surface area (TPSA) is 83.2 Å². The summed E-state index contributed by atoms with van der Waals surface area (Å²) in [6.07, 6.45) is 0.763. The Labute approximate surface area is 149 Å². The molecule has 2 amide bonds. The average Bonchev–Trinajstić information content (AvgIpc) is 3.05. The molecule has 0 aliphatic carbocycles. The molecule has 0 spiro atoms. The molecule has 1 heterocycles. The smallest absolute Gasteiger partial charge is 0.279 e. The second kappa shape index (κ2) is 7.27. The molecule has 3 N–H and O–H groups in total. The molecule has 128 valence electrons. The van der Waals surface area contributed by atoms with Crippen molar-refractivity contribution in [2.75, 3.05) is 0 Å². The molecule has 1 unspecified atom stereocenters. The molecule has 0 aliphatic rings. The van der Waals surface area contributed by atoms with Crippen molar-refractivity contribution in [1.29, 1.82) is 0 Å². The Balaban J connectivity index is 1.60. The largest absolute Gasteiger partial charge is 0.479 e. The van der Waals surface area contributed by atoms with Gasteiger partial charge in [-0.25, -0.2) is 0 Å². The summed E-state index contributed by atoms with van der Waals surface area (Å²) >= 11 is 5.99. The van der Waals surface area contributed by atoms with Gasteiger partial charge in [0.1, 0.15) is 5.75 Å². The SMILES string of the molecule is CC(Oc1ccccc1Cl)C(=O)NNC(=O)c1c[nH]c2ccccc12. The maximum atomic E-state index is 12.3. The second-order valence-corrected chi connectivity index (χ2v) is 5.79. The van der Waals surface area contributed by atoms with E-state index in [1.165, 1.54) is 0 Å². The molecule has 1 aromatic heterocycles. The molecular formula is C18H16ClN3O3. The minimum Gasteiger partial charge on any atom is -0.479 e. The van der Waals surface area contributed by atoms with Gasteiger partial charge in [0.05, 0.1) is 10.6 Å². The predicted molar refractivity (Wildman–Crippen MR) is 95.4 cm³/mol. The fraction of sp³-hybridized carbons (Fsp3) is 0.111. The lowest BCUT2D eigenvalue weighted by atomic mass is 10.2. The number of fused-ring (bicyclic) bond motifs is 1. The third-order valence-corrected chi connectivity index (χ3v) is 3.95. The van der Waals surface area contributed by atoms with E-state index in [1.807, 2.05) is 24.3 Å². The lowest BCUT2D eigenvalue weighted by Crippen LogP contribution is -2.47. The Bertz CT molecular complexity index is 923. The number of aromatic nitrogens is 1. The standard InChI is InChI=1S/C18H16ClN3O3/c1-11(25-16-9-5-3-7-14(16)19)17(23)21-22-18(24)13-10-20-15-8-4-2-6-12(13)15/h2-11,20H,1H3,(H,21,23)(H,22,24). The second-order valence-electron chi connectivity index (χ2n) is 5.38. The van der Waals surface area contributed by atoms with Gasteiger partial charge < -0.3 is 9.72 Å². The summed E-state index contributed by atoms with van der Waals surface area (Å²) in [5.41, 5.74) is 6.02. The van der Waals surface area contributed by atoms with Crippen molar-refractivity contribution in [3.63, 3.8) is 0 Å². The van der Waals surface area contributed by atoms with Crippen LogP contribution in [0.4, 0.5) is 0 Å². The van der Waals surface area contributed by atoms with Crippen molar-refractivity contribution in [2.45, 2.75) is 13.0 Å². The van der Waals surface area contributed by atoms with Gasteiger partial charge in [0, 0.05) is 17.1 Å². The van der Waals surface area contributed by atoms with E-state index in [2.05, 4.69) is 15.8 Å². The van der Waals surface area contributed by atoms with E-state index in [1.54, 1.807) is 37.4 Å². The van der Waals surface area contributed by atoms with Gasteiger partial charge in [0.25, 0.3) is 11.8 Å². The molecule has 2 aromatic carbocycles. The number of halogens is 1. The van der Waals surface area contributed by atoms with Crippen molar-refractivity contribution in [2.24, 2.45) is 0 Å². The first kappa shape index (κ1) is 16.9. The minimum absolute atomic E-state index is 0.398. The van der Waals surface area contributed by atoms with Crippen LogP contribution in [0.25, 0.3) is 10.9 Å². The third kappa shape index (κ3) is 3.75. The van der Waals surface area contributed by atoms with Gasteiger partial charge in [-0.1, -0.05) is 41.9 Å². The molecule has 25 heavy (non-hydrogen) atoms. The lowest BCUT2D eigenvalue weighted by Gasteiger charge is -2.15. The highest BCUT2D eigenvalue weighted by Crippen LogP contribution is 2.24. The number of benzene rings is 2. The first-order chi connectivity index (χ1) is 12.1. The minimum atomic E-state index is -0.830. The molecular weight excluding hydrogens is 342 g/mol. The summed E-state index contributed by atoms with van der Waals surface area (Å²) in [5.74, 6) is -0.515. The van der Waals surface area contributed by atoms with Crippen molar-refractivity contribution >= 4 is 34.3 Å². The van der Waals surface area contributed by atoms with Crippen LogP contribution >= 0.6 is 11.6 Å². The number of carbonyl (C=O) groups is 2. The summed E-state index contributed by atoms with van der Waals surface area (Å²) in [4.78, 5) is 27.4. The van der Waals surface area contributed by atoms with Crippen LogP contribution in [0.3, 0.4) is 0 Å². The highest BCUT2D eigenvalue weighted by molar-refractivity contribution is 6.32. The molecule has 0 fully saturated rings. The normalized spacial score (nSPS) is 11.8. The van der Waals surface area contributed by atoms with Gasteiger partial charge >= 0.3 is 0 Å². The molecule has 0 saturated heterocycles. The van der Waals surface area contributed by atoms with Crippen LogP contribution in [0.1, 0.15) is 17.3 Å². The summed E-state index contributed by atoms with van der Waals surface area (Å²) in [7, 11) is 0. The first-order valence-corrected chi connectivity index (χ1v) is 8.01. The van der Waals surface area contributed by atoms with Crippen molar-refractivity contribution < 1.29 is 14.3 Å². The van der Waals surface area contributed by atoms with Crippen LogP contribution in [0, 0.1) is 0 Å². The van der Waals surface area contributed by atoms with Crippen LogP contribution in [0.5, 0.6) is 5.75 Å². The number of aromatic amines is 1. The van der Waals surface area contributed by atoms with Crippen LogP contribution in [0.15, 0.2) is 54.7 Å². The van der Waals surface area contributed by atoms with Gasteiger partial charge in [-0.05, 0) is 25.1 Å². The lowest BCUT2D eigenvalue weighted by molar-refractivity contribution is -0.128. The maximum absolute atomic E-state index is 12.3. The van der Waals surface area contributed by atoms with Crippen LogP contribution in [-0.2, 0) is 4.79 Å². The number of H-pyrrole nitrogens is 1. The van der Waals surface area contributed by atoms with E-state index in [-0.39, 0.29) is 0 Å². The molecule has 3 aromatic rings. The van der Waals surface area contributed by atoms with Crippen LogP contribution in [-0.4, -0.2) is 22.9 Å². The number of rotatable bonds is 4. The molecule has 0 bridgehead atoms. The Morgan fingerprint density at radius 1 is 1.08 bits per heavy atom. The highest BCUT2D eigenvalue weighted by Gasteiger charge is 2.18. The van der Waals surface area contributed by atoms with Crippen molar-refractivity contribution in [3.8, 4) is 5.75 Å². The molecule has 0 aliphatic heterocycles. The van der Waals surface area contributed by atoms with Gasteiger partial charge in [-0.15, -0.1) is 0 Å². The Hall–Kier alpha value is -2.99. The first-order valence-electron chi connectivity index (χ1n) is 7.64. The zero-order valence-electron chi connectivity index (χ0n) is 13.4. The van der Waals surface area contributed by atoms with Gasteiger partial charge in [-0.2, -0.15) is 0 Å². The molecule has 0 radical (unpaired) electrons. The number of nitrogens with one attached hydrogen (secondary N) is 3. The van der Waals surface area contributed by atoms with Gasteiger partial charge in [0.2, 0.25) is 0 Å². The number of ether oxygens (including phenoxy) is 1. The van der Waals surface area contributed by atoms with E-state index in [9.17, 15) is 9.59 Å². The zero-order valence-corrected chi connectivity index (χ0v) is 14.1. The summed E-state index contributed by atoms with van der Waals surface area (Å²) in [5, 5.41) is 1.18. The summed E-state index contributed by atoms with van der Waals surface area (Å²) in [6, 6.07) is 14.2. The molecule has 7 heteroatoms.